The van der Waals surface area contributed by atoms with Gasteiger partial charge in [-0.1, -0.05) is 23.8 Å². The lowest BCUT2D eigenvalue weighted by molar-refractivity contribution is 1.25. The van der Waals surface area contributed by atoms with Gasteiger partial charge in [-0.05, 0) is 51.0 Å². The molecule has 0 fully saturated rings. The maximum Gasteiger partial charge on any atom is 0.0841 e. The highest BCUT2D eigenvalue weighted by atomic mass is 14.8. The summed E-state index contributed by atoms with van der Waals surface area (Å²) in [7, 11) is 0. The third-order valence-corrected chi connectivity index (χ3v) is 2.95. The van der Waals surface area contributed by atoms with Gasteiger partial charge in [0.05, 0.1) is 17.1 Å². The maximum atomic E-state index is 4.72. The predicted octanol–water partition coefficient (Wildman–Crippen LogP) is 4.15. The van der Waals surface area contributed by atoms with Crippen LogP contribution < -0.4 is 0 Å². The Bertz CT molecular complexity index is 560. The molecule has 0 saturated carbocycles. The number of aliphatic imine (C=N–C) groups is 1. The predicted molar refractivity (Wildman–Crippen MR) is 76.8 cm³/mol. The third kappa shape index (κ3) is 2.65. The molecule has 0 amide bonds. The normalized spacial score (nSPS) is 11.7. The Morgan fingerprint density at radius 3 is 2.28 bits per heavy atom. The van der Waals surface area contributed by atoms with E-state index in [1.165, 1.54) is 16.7 Å². The molecule has 18 heavy (non-hydrogen) atoms. The minimum Gasteiger partial charge on any atom is -0.255 e. The first kappa shape index (κ1) is 12.5. The van der Waals surface area contributed by atoms with E-state index >= 15 is 0 Å². The fraction of sp³-hybridized carbons (Fsp3) is 0.250. The van der Waals surface area contributed by atoms with Crippen molar-refractivity contribution in [2.45, 2.75) is 27.7 Å². The summed E-state index contributed by atoms with van der Waals surface area (Å²) in [5.41, 5.74) is 6.64. The molecule has 0 saturated heterocycles. The van der Waals surface area contributed by atoms with Gasteiger partial charge in [-0.2, -0.15) is 0 Å². The lowest BCUT2D eigenvalue weighted by Crippen LogP contribution is -1.97. The summed E-state index contributed by atoms with van der Waals surface area (Å²) in [5.74, 6) is 0. The van der Waals surface area contributed by atoms with Gasteiger partial charge in [0.15, 0.2) is 0 Å². The average Bonchev–Trinajstić information content (AvgIpc) is 2.34. The fourth-order valence-electron chi connectivity index (χ4n) is 2.15. The largest absolute Gasteiger partial charge is 0.255 e. The monoisotopic (exact) mass is 238 g/mol. The van der Waals surface area contributed by atoms with Gasteiger partial charge in [-0.25, -0.2) is 0 Å². The molecule has 0 aliphatic carbocycles. The van der Waals surface area contributed by atoms with Gasteiger partial charge in [0, 0.05) is 6.20 Å². The van der Waals surface area contributed by atoms with Gasteiger partial charge in [0.25, 0.3) is 0 Å². The Morgan fingerprint density at radius 2 is 1.72 bits per heavy atom. The molecule has 2 rings (SSSR count). The molecule has 0 spiro atoms. The summed E-state index contributed by atoms with van der Waals surface area (Å²) in [6.07, 6.45) is 1.79. The first-order chi connectivity index (χ1) is 8.58. The molecule has 2 heteroatoms. The Kier molecular flexibility index (Phi) is 3.56. The van der Waals surface area contributed by atoms with E-state index in [0.717, 1.165) is 17.1 Å². The van der Waals surface area contributed by atoms with Crippen molar-refractivity contribution in [2.75, 3.05) is 0 Å². The molecule has 0 N–H and O–H groups in total. The van der Waals surface area contributed by atoms with Gasteiger partial charge in [0.1, 0.15) is 0 Å². The second-order valence-electron chi connectivity index (χ2n) is 4.66. The molecule has 0 radical (unpaired) electrons. The fourth-order valence-corrected chi connectivity index (χ4v) is 2.15. The van der Waals surface area contributed by atoms with E-state index in [2.05, 4.69) is 37.9 Å². The van der Waals surface area contributed by atoms with Crippen molar-refractivity contribution >= 4 is 11.4 Å². The molecule has 2 aromatic rings. The molecule has 1 aromatic heterocycles. The lowest BCUT2D eigenvalue weighted by atomic mass is 10.1. The minimum absolute atomic E-state index is 0.928. The number of aryl methyl sites for hydroxylation is 3. The number of nitrogens with zero attached hydrogens (tertiary/aromatic N) is 2. The molecule has 0 aliphatic rings. The van der Waals surface area contributed by atoms with E-state index < -0.39 is 0 Å². The number of hydrogen-bond donors (Lipinski definition) is 0. The zero-order valence-electron chi connectivity index (χ0n) is 11.4. The van der Waals surface area contributed by atoms with Crippen LogP contribution in [-0.2, 0) is 0 Å². The van der Waals surface area contributed by atoms with Crippen molar-refractivity contribution in [3.05, 3.63) is 58.9 Å². The summed E-state index contributed by atoms with van der Waals surface area (Å²) < 4.78 is 0. The second-order valence-corrected chi connectivity index (χ2v) is 4.66. The molecule has 2 nitrogen and oxygen atoms in total. The number of aromatic nitrogens is 1. The molecule has 0 atom stereocenters. The molecule has 92 valence electrons. The van der Waals surface area contributed by atoms with E-state index in [9.17, 15) is 0 Å². The van der Waals surface area contributed by atoms with Crippen LogP contribution in [0.1, 0.15) is 29.3 Å². The first-order valence-corrected chi connectivity index (χ1v) is 6.12. The van der Waals surface area contributed by atoms with Crippen LogP contribution in [0.15, 0.2) is 41.5 Å². The highest BCUT2D eigenvalue weighted by Crippen LogP contribution is 2.25. The summed E-state index contributed by atoms with van der Waals surface area (Å²) in [6, 6.07) is 10.2. The molecule has 0 aliphatic heterocycles. The van der Waals surface area contributed by atoms with E-state index in [-0.39, 0.29) is 0 Å². The van der Waals surface area contributed by atoms with E-state index in [0.29, 0.717) is 0 Å². The Balaban J connectivity index is 2.45. The number of benzene rings is 1. The number of hydrogen-bond acceptors (Lipinski definition) is 2. The van der Waals surface area contributed by atoms with Crippen LogP contribution in [-0.4, -0.2) is 10.7 Å². The topological polar surface area (TPSA) is 25.2 Å². The Hall–Kier alpha value is -1.96. The molecule has 1 aromatic carbocycles. The van der Waals surface area contributed by atoms with E-state index in [4.69, 9.17) is 4.99 Å². The molecule has 1 heterocycles. The summed E-state index contributed by atoms with van der Waals surface area (Å²) in [6.45, 7) is 8.31. The van der Waals surface area contributed by atoms with Crippen LogP contribution in [0.2, 0.25) is 0 Å². The van der Waals surface area contributed by atoms with E-state index in [1.807, 2.05) is 25.1 Å². The Labute approximate surface area is 108 Å². The maximum absolute atomic E-state index is 4.72. The van der Waals surface area contributed by atoms with Crippen molar-refractivity contribution in [3.63, 3.8) is 0 Å². The quantitative estimate of drug-likeness (QED) is 0.721. The number of pyridine rings is 1. The lowest BCUT2D eigenvalue weighted by Gasteiger charge is -2.08. The van der Waals surface area contributed by atoms with Gasteiger partial charge >= 0.3 is 0 Å². The van der Waals surface area contributed by atoms with Gasteiger partial charge in [-0.3, -0.25) is 9.98 Å². The van der Waals surface area contributed by atoms with Gasteiger partial charge in [-0.15, -0.1) is 0 Å². The average molecular weight is 238 g/mol. The van der Waals surface area contributed by atoms with Gasteiger partial charge in [0.2, 0.25) is 0 Å². The molecular formula is C16H18N2. The zero-order chi connectivity index (χ0) is 13.1. The van der Waals surface area contributed by atoms with Crippen molar-refractivity contribution in [1.29, 1.82) is 0 Å². The Morgan fingerprint density at radius 1 is 1.06 bits per heavy atom. The smallest absolute Gasteiger partial charge is 0.0841 e. The second kappa shape index (κ2) is 5.13. The summed E-state index contributed by atoms with van der Waals surface area (Å²) in [5, 5.41) is 0. The molecule has 0 bridgehead atoms. The van der Waals surface area contributed by atoms with Crippen molar-refractivity contribution in [1.82, 2.24) is 4.98 Å². The highest BCUT2D eigenvalue weighted by molar-refractivity contribution is 5.98. The zero-order valence-corrected chi connectivity index (χ0v) is 11.4. The minimum atomic E-state index is 0.928. The third-order valence-electron chi connectivity index (χ3n) is 2.95. The number of rotatable bonds is 2. The van der Waals surface area contributed by atoms with Crippen molar-refractivity contribution in [3.8, 4) is 0 Å². The van der Waals surface area contributed by atoms with Gasteiger partial charge < -0.3 is 0 Å². The SMILES string of the molecule is CC(=Nc1c(C)cc(C)cc1C)c1ccccn1. The van der Waals surface area contributed by atoms with Crippen LogP contribution in [0.4, 0.5) is 5.69 Å². The van der Waals surface area contributed by atoms with Crippen LogP contribution >= 0.6 is 0 Å². The van der Waals surface area contributed by atoms with Crippen LogP contribution in [0, 0.1) is 20.8 Å². The first-order valence-electron chi connectivity index (χ1n) is 6.12. The van der Waals surface area contributed by atoms with Crippen LogP contribution in [0.5, 0.6) is 0 Å². The van der Waals surface area contributed by atoms with Crippen molar-refractivity contribution in [2.24, 2.45) is 4.99 Å². The summed E-state index contributed by atoms with van der Waals surface area (Å²) >= 11 is 0. The van der Waals surface area contributed by atoms with Crippen molar-refractivity contribution < 1.29 is 0 Å². The standard InChI is InChI=1S/C16H18N2/c1-11-9-12(2)16(13(3)10-11)18-14(4)15-7-5-6-8-17-15/h5-10H,1-4H3. The highest BCUT2D eigenvalue weighted by Gasteiger charge is 2.04. The van der Waals surface area contributed by atoms with Crippen LogP contribution in [0.3, 0.4) is 0 Å². The molecule has 0 unspecified atom stereocenters. The molecular weight excluding hydrogens is 220 g/mol. The summed E-state index contributed by atoms with van der Waals surface area (Å²) in [4.78, 5) is 9.04. The van der Waals surface area contributed by atoms with E-state index in [1.54, 1.807) is 6.20 Å². The van der Waals surface area contributed by atoms with Crippen LogP contribution in [0.25, 0.3) is 0 Å².